The first-order valence-electron chi connectivity index (χ1n) is 6.13. The molecule has 21 heavy (non-hydrogen) atoms. The average molecular weight is 305 g/mol. The molecule has 5 N–H and O–H groups in total. The molecule has 0 aliphatic carbocycles. The van der Waals surface area contributed by atoms with E-state index in [9.17, 15) is 9.59 Å². The number of nitrogens with two attached hydrogens (primary N) is 2. The van der Waals surface area contributed by atoms with E-state index >= 15 is 0 Å². The maximum absolute atomic E-state index is 11.8. The van der Waals surface area contributed by atoms with Crippen molar-refractivity contribution in [3.05, 3.63) is 40.8 Å². The molecule has 6 nitrogen and oxygen atoms in total. The van der Waals surface area contributed by atoms with Crippen molar-refractivity contribution in [2.45, 2.75) is 6.92 Å². The van der Waals surface area contributed by atoms with Crippen molar-refractivity contribution in [2.75, 3.05) is 17.7 Å². The van der Waals surface area contributed by atoms with Gasteiger partial charge in [0.2, 0.25) is 0 Å². The van der Waals surface area contributed by atoms with Crippen molar-refractivity contribution >= 4 is 33.8 Å². The molecule has 0 radical (unpaired) electrons. The Morgan fingerprint density at radius 1 is 1.33 bits per heavy atom. The molecule has 0 saturated carbocycles. The Morgan fingerprint density at radius 2 is 2.10 bits per heavy atom. The van der Waals surface area contributed by atoms with Crippen LogP contribution in [0.25, 0.3) is 0 Å². The van der Waals surface area contributed by atoms with Crippen LogP contribution in [0.3, 0.4) is 0 Å². The summed E-state index contributed by atoms with van der Waals surface area (Å²) in [5.41, 5.74) is 12.6. The lowest BCUT2D eigenvalue weighted by atomic mass is 10.2. The predicted octanol–water partition coefficient (Wildman–Crippen LogP) is 1.76. The number of nitrogens with one attached hydrogen (secondary N) is 1. The van der Waals surface area contributed by atoms with Gasteiger partial charge in [-0.3, -0.25) is 9.59 Å². The number of nitrogen functional groups attached to an aromatic ring is 1. The van der Waals surface area contributed by atoms with Crippen molar-refractivity contribution in [2.24, 2.45) is 5.73 Å². The molecule has 0 aliphatic rings. The highest BCUT2D eigenvalue weighted by Gasteiger charge is 2.13. The molecule has 2 rings (SSSR count). The largest absolute Gasteiger partial charge is 0.483 e. The van der Waals surface area contributed by atoms with Gasteiger partial charge in [-0.05, 0) is 42.1 Å². The van der Waals surface area contributed by atoms with Gasteiger partial charge in [0.05, 0.1) is 5.56 Å². The highest BCUT2D eigenvalue weighted by molar-refractivity contribution is 7.14. The van der Waals surface area contributed by atoms with Gasteiger partial charge in [0.1, 0.15) is 10.8 Å². The minimum Gasteiger partial charge on any atom is -0.483 e. The number of aryl methyl sites for hydroxylation is 1. The van der Waals surface area contributed by atoms with E-state index in [4.69, 9.17) is 16.2 Å². The van der Waals surface area contributed by atoms with Crippen molar-refractivity contribution in [1.29, 1.82) is 0 Å². The van der Waals surface area contributed by atoms with Gasteiger partial charge in [-0.1, -0.05) is 0 Å². The Morgan fingerprint density at radius 3 is 2.76 bits per heavy atom. The fourth-order valence-corrected chi connectivity index (χ4v) is 2.55. The average Bonchev–Trinajstić information content (AvgIpc) is 2.86. The second-order valence-electron chi connectivity index (χ2n) is 4.39. The third-order valence-corrected chi connectivity index (χ3v) is 3.57. The highest BCUT2D eigenvalue weighted by atomic mass is 32.1. The molecule has 0 fully saturated rings. The first-order valence-corrected chi connectivity index (χ1v) is 7.01. The summed E-state index contributed by atoms with van der Waals surface area (Å²) in [6, 6.07) is 6.73. The lowest BCUT2D eigenvalue weighted by Gasteiger charge is -2.09. The Kier molecular flexibility index (Phi) is 4.44. The van der Waals surface area contributed by atoms with Crippen molar-refractivity contribution in [3.63, 3.8) is 0 Å². The lowest BCUT2D eigenvalue weighted by Crippen LogP contribution is -2.22. The van der Waals surface area contributed by atoms with E-state index in [0.717, 1.165) is 5.56 Å². The second kappa shape index (κ2) is 6.27. The van der Waals surface area contributed by atoms with Crippen molar-refractivity contribution in [3.8, 4) is 5.75 Å². The van der Waals surface area contributed by atoms with Crippen LogP contribution in [0.15, 0.2) is 29.6 Å². The van der Waals surface area contributed by atoms with E-state index < -0.39 is 5.91 Å². The van der Waals surface area contributed by atoms with E-state index in [1.807, 2.05) is 6.92 Å². The molecule has 0 unspecified atom stereocenters. The first kappa shape index (κ1) is 14.9. The predicted molar refractivity (Wildman–Crippen MR) is 82.6 cm³/mol. The van der Waals surface area contributed by atoms with Gasteiger partial charge in [-0.2, -0.15) is 0 Å². The number of amides is 2. The minimum absolute atomic E-state index is 0.166. The molecule has 110 valence electrons. The monoisotopic (exact) mass is 305 g/mol. The Bertz CT molecular complexity index is 682. The van der Waals surface area contributed by atoms with E-state index in [1.165, 1.54) is 11.3 Å². The Labute approximate surface area is 125 Å². The van der Waals surface area contributed by atoms with Gasteiger partial charge in [0.15, 0.2) is 6.61 Å². The molecule has 0 aliphatic heterocycles. The number of anilines is 2. The fraction of sp³-hybridized carbons (Fsp3) is 0.143. The summed E-state index contributed by atoms with van der Waals surface area (Å²) in [5, 5.41) is 4.70. The summed E-state index contributed by atoms with van der Waals surface area (Å²) >= 11 is 1.23. The zero-order valence-electron chi connectivity index (χ0n) is 11.4. The number of benzene rings is 1. The molecular weight excluding hydrogens is 290 g/mol. The van der Waals surface area contributed by atoms with E-state index in [2.05, 4.69) is 5.32 Å². The molecule has 0 spiro atoms. The van der Waals surface area contributed by atoms with Crippen LogP contribution in [0.2, 0.25) is 0 Å². The standard InChI is InChI=1S/C14H15N3O3S/c1-8-6-9(15)2-3-11(8)20-7-12(18)17-14-10(13(16)19)4-5-21-14/h2-6H,7,15H2,1H3,(H2,16,19)(H,17,18). The Balaban J connectivity index is 1.96. The van der Waals surface area contributed by atoms with Crippen molar-refractivity contribution < 1.29 is 14.3 Å². The van der Waals surface area contributed by atoms with Gasteiger partial charge < -0.3 is 21.5 Å². The van der Waals surface area contributed by atoms with Crippen LogP contribution in [0.5, 0.6) is 5.75 Å². The zero-order chi connectivity index (χ0) is 15.4. The molecular formula is C14H15N3O3S. The summed E-state index contributed by atoms with van der Waals surface area (Å²) in [7, 11) is 0. The number of ether oxygens (including phenoxy) is 1. The molecule has 0 saturated heterocycles. The van der Waals surface area contributed by atoms with E-state index in [-0.39, 0.29) is 18.1 Å². The fourth-order valence-electron chi connectivity index (χ4n) is 1.74. The van der Waals surface area contributed by atoms with Gasteiger partial charge in [0, 0.05) is 5.69 Å². The van der Waals surface area contributed by atoms with Gasteiger partial charge in [-0.25, -0.2) is 0 Å². The second-order valence-corrected chi connectivity index (χ2v) is 5.31. The molecule has 1 aromatic carbocycles. The Hall–Kier alpha value is -2.54. The molecule has 1 heterocycles. The maximum atomic E-state index is 11.8. The van der Waals surface area contributed by atoms with Crippen molar-refractivity contribution in [1.82, 2.24) is 0 Å². The number of hydrogen-bond donors (Lipinski definition) is 3. The molecule has 0 bridgehead atoms. The summed E-state index contributed by atoms with van der Waals surface area (Å²) in [4.78, 5) is 23.0. The van der Waals surface area contributed by atoms with Gasteiger partial charge >= 0.3 is 0 Å². The smallest absolute Gasteiger partial charge is 0.262 e. The molecule has 2 amide bonds. The zero-order valence-corrected chi connectivity index (χ0v) is 12.2. The van der Waals surface area contributed by atoms with Crippen LogP contribution >= 0.6 is 11.3 Å². The van der Waals surface area contributed by atoms with Crippen LogP contribution in [0, 0.1) is 6.92 Å². The number of hydrogen-bond acceptors (Lipinski definition) is 5. The topological polar surface area (TPSA) is 107 Å². The number of rotatable bonds is 5. The third kappa shape index (κ3) is 3.73. The van der Waals surface area contributed by atoms with E-state index in [1.54, 1.807) is 29.6 Å². The third-order valence-electron chi connectivity index (χ3n) is 2.74. The minimum atomic E-state index is -0.582. The molecule has 0 atom stereocenters. The van der Waals surface area contributed by atoms with Gasteiger partial charge in [-0.15, -0.1) is 11.3 Å². The van der Waals surface area contributed by atoms with Gasteiger partial charge in [0.25, 0.3) is 11.8 Å². The maximum Gasteiger partial charge on any atom is 0.262 e. The van der Waals surface area contributed by atoms with E-state index in [0.29, 0.717) is 16.4 Å². The normalized spacial score (nSPS) is 10.1. The summed E-state index contributed by atoms with van der Waals surface area (Å²) < 4.78 is 5.42. The quantitative estimate of drug-likeness (QED) is 0.731. The van der Waals surface area contributed by atoms with Crippen LogP contribution in [0.1, 0.15) is 15.9 Å². The van der Waals surface area contributed by atoms with Crippen LogP contribution in [-0.2, 0) is 4.79 Å². The summed E-state index contributed by atoms with van der Waals surface area (Å²) in [6.45, 7) is 1.68. The summed E-state index contributed by atoms with van der Waals surface area (Å²) in [6.07, 6.45) is 0. The highest BCUT2D eigenvalue weighted by Crippen LogP contribution is 2.23. The van der Waals surface area contributed by atoms with Crippen LogP contribution < -0.4 is 21.5 Å². The van der Waals surface area contributed by atoms with Crippen LogP contribution in [-0.4, -0.2) is 18.4 Å². The first-order chi connectivity index (χ1) is 9.97. The van der Waals surface area contributed by atoms with Crippen LogP contribution in [0.4, 0.5) is 10.7 Å². The summed E-state index contributed by atoms with van der Waals surface area (Å²) in [5.74, 6) is -0.362. The molecule has 2 aromatic rings. The number of primary amides is 1. The number of carbonyl (C=O) groups is 2. The SMILES string of the molecule is Cc1cc(N)ccc1OCC(=O)Nc1sccc1C(N)=O. The number of carbonyl (C=O) groups excluding carboxylic acids is 2. The lowest BCUT2D eigenvalue weighted by molar-refractivity contribution is -0.118. The molecule has 1 aromatic heterocycles. The number of thiophene rings is 1. The molecule has 7 heteroatoms.